The second-order valence-corrected chi connectivity index (χ2v) is 6.56. The van der Waals surface area contributed by atoms with Crippen LogP contribution in [0.4, 0.5) is 11.5 Å². The smallest absolute Gasteiger partial charge is 0.189 e. The predicted molar refractivity (Wildman–Crippen MR) is 91.5 cm³/mol. The fourth-order valence-electron chi connectivity index (χ4n) is 2.39. The number of hydrogen-bond donors (Lipinski definition) is 2. The molecule has 1 aliphatic heterocycles. The van der Waals surface area contributed by atoms with Gasteiger partial charge in [-0.15, -0.1) is 0 Å². The zero-order chi connectivity index (χ0) is 14.7. The third-order valence-electron chi connectivity index (χ3n) is 3.45. The monoisotopic (exact) mass is 364 g/mol. The summed E-state index contributed by atoms with van der Waals surface area (Å²) in [5.41, 5.74) is 3.45. The number of hydrogen-bond acceptors (Lipinski definition) is 5. The van der Waals surface area contributed by atoms with Crippen molar-refractivity contribution >= 4 is 39.2 Å². The standard InChI is InChI=1S/C15H17BrN4S/c1-21-15-19-13-7-9-17-8-6-12(13)14(20-15)18-11-4-2-10(16)3-5-11/h2-5,17H,6-9H2,1H3,(H,18,19,20). The van der Waals surface area contributed by atoms with Crippen molar-refractivity contribution in [2.75, 3.05) is 24.7 Å². The van der Waals surface area contributed by atoms with Gasteiger partial charge in [-0.3, -0.25) is 0 Å². The molecule has 0 saturated heterocycles. The average Bonchev–Trinajstić information content (AvgIpc) is 2.75. The van der Waals surface area contributed by atoms with Crippen LogP contribution in [0.3, 0.4) is 0 Å². The van der Waals surface area contributed by atoms with Gasteiger partial charge in [0.05, 0.1) is 5.69 Å². The molecule has 21 heavy (non-hydrogen) atoms. The Balaban J connectivity index is 1.97. The summed E-state index contributed by atoms with van der Waals surface area (Å²) in [7, 11) is 0. The molecule has 4 nitrogen and oxygen atoms in total. The van der Waals surface area contributed by atoms with E-state index in [4.69, 9.17) is 0 Å². The Labute approximate surface area is 137 Å². The molecular formula is C15H17BrN4S. The van der Waals surface area contributed by atoms with Gasteiger partial charge >= 0.3 is 0 Å². The van der Waals surface area contributed by atoms with Crippen LogP contribution in [0.25, 0.3) is 0 Å². The Morgan fingerprint density at radius 2 is 1.90 bits per heavy atom. The van der Waals surface area contributed by atoms with Gasteiger partial charge in [-0.2, -0.15) is 0 Å². The lowest BCUT2D eigenvalue weighted by molar-refractivity contribution is 0.707. The summed E-state index contributed by atoms with van der Waals surface area (Å²) in [6.45, 7) is 1.96. The molecule has 0 spiro atoms. The van der Waals surface area contributed by atoms with Gasteiger partial charge in [0.2, 0.25) is 0 Å². The summed E-state index contributed by atoms with van der Waals surface area (Å²) in [5.74, 6) is 0.940. The number of nitrogens with one attached hydrogen (secondary N) is 2. The van der Waals surface area contributed by atoms with Gasteiger partial charge in [-0.25, -0.2) is 9.97 Å². The van der Waals surface area contributed by atoms with Gasteiger partial charge < -0.3 is 10.6 Å². The van der Waals surface area contributed by atoms with Crippen molar-refractivity contribution in [3.8, 4) is 0 Å². The van der Waals surface area contributed by atoms with Crippen LogP contribution in [-0.2, 0) is 12.8 Å². The molecule has 0 atom stereocenters. The molecule has 1 aromatic carbocycles. The molecule has 0 bridgehead atoms. The lowest BCUT2D eigenvalue weighted by atomic mass is 10.1. The third-order valence-corrected chi connectivity index (χ3v) is 4.53. The van der Waals surface area contributed by atoms with Crippen molar-refractivity contribution in [2.45, 2.75) is 18.0 Å². The van der Waals surface area contributed by atoms with E-state index in [1.54, 1.807) is 11.8 Å². The first-order valence-corrected chi connectivity index (χ1v) is 8.95. The molecule has 3 rings (SSSR count). The van der Waals surface area contributed by atoms with Gasteiger partial charge in [0.15, 0.2) is 5.16 Å². The van der Waals surface area contributed by atoms with Crippen molar-refractivity contribution in [1.82, 2.24) is 15.3 Å². The average molecular weight is 365 g/mol. The van der Waals surface area contributed by atoms with Crippen LogP contribution in [0, 0.1) is 0 Å². The molecule has 1 aromatic heterocycles. The van der Waals surface area contributed by atoms with Crippen LogP contribution in [0.5, 0.6) is 0 Å². The summed E-state index contributed by atoms with van der Waals surface area (Å²) in [6, 6.07) is 8.15. The zero-order valence-corrected chi connectivity index (χ0v) is 14.2. The van der Waals surface area contributed by atoms with Crippen LogP contribution >= 0.6 is 27.7 Å². The van der Waals surface area contributed by atoms with E-state index in [0.717, 1.165) is 47.1 Å². The van der Waals surface area contributed by atoms with Gasteiger partial charge in [-0.05, 0) is 43.5 Å². The normalized spacial score (nSPS) is 14.4. The first kappa shape index (κ1) is 14.8. The molecule has 0 fully saturated rings. The second kappa shape index (κ2) is 6.77. The Morgan fingerprint density at radius 1 is 1.14 bits per heavy atom. The van der Waals surface area contributed by atoms with E-state index in [-0.39, 0.29) is 0 Å². The number of anilines is 2. The molecule has 0 saturated carbocycles. The van der Waals surface area contributed by atoms with Crippen molar-refractivity contribution in [3.05, 3.63) is 40.0 Å². The number of nitrogens with zero attached hydrogens (tertiary/aromatic N) is 2. The number of halogens is 1. The molecule has 1 aliphatic rings. The highest BCUT2D eigenvalue weighted by atomic mass is 79.9. The number of fused-ring (bicyclic) bond motifs is 1. The molecule has 0 unspecified atom stereocenters. The molecular weight excluding hydrogens is 348 g/mol. The van der Waals surface area contributed by atoms with Crippen LogP contribution < -0.4 is 10.6 Å². The van der Waals surface area contributed by atoms with E-state index in [2.05, 4.69) is 36.5 Å². The summed E-state index contributed by atoms with van der Waals surface area (Å²) >= 11 is 5.04. The van der Waals surface area contributed by atoms with E-state index in [0.29, 0.717) is 0 Å². The summed E-state index contributed by atoms with van der Waals surface area (Å²) in [6.07, 6.45) is 3.93. The third kappa shape index (κ3) is 3.56. The number of rotatable bonds is 3. The highest BCUT2D eigenvalue weighted by Crippen LogP contribution is 2.26. The summed E-state index contributed by atoms with van der Waals surface area (Å²) in [5, 5.41) is 7.70. The van der Waals surface area contributed by atoms with Gasteiger partial charge in [0, 0.05) is 28.7 Å². The first-order chi connectivity index (χ1) is 10.3. The lowest BCUT2D eigenvalue weighted by Crippen LogP contribution is -2.16. The largest absolute Gasteiger partial charge is 0.340 e. The fraction of sp³-hybridized carbons (Fsp3) is 0.333. The Hall–Kier alpha value is -1.11. The van der Waals surface area contributed by atoms with Gasteiger partial charge in [0.1, 0.15) is 5.82 Å². The van der Waals surface area contributed by atoms with E-state index in [1.165, 1.54) is 11.3 Å². The zero-order valence-electron chi connectivity index (χ0n) is 11.8. The maximum atomic E-state index is 4.67. The van der Waals surface area contributed by atoms with Crippen LogP contribution in [0.15, 0.2) is 33.9 Å². The molecule has 2 N–H and O–H groups in total. The van der Waals surface area contributed by atoms with E-state index in [9.17, 15) is 0 Å². The van der Waals surface area contributed by atoms with Crippen molar-refractivity contribution < 1.29 is 0 Å². The molecule has 2 aromatic rings. The maximum absolute atomic E-state index is 4.67. The van der Waals surface area contributed by atoms with E-state index < -0.39 is 0 Å². The molecule has 0 radical (unpaired) electrons. The second-order valence-electron chi connectivity index (χ2n) is 4.87. The van der Waals surface area contributed by atoms with E-state index in [1.807, 2.05) is 30.5 Å². The lowest BCUT2D eigenvalue weighted by Gasteiger charge is -2.14. The van der Waals surface area contributed by atoms with Crippen molar-refractivity contribution in [2.24, 2.45) is 0 Å². The predicted octanol–water partition coefficient (Wildman–Crippen LogP) is 3.39. The van der Waals surface area contributed by atoms with Gasteiger partial charge in [-0.1, -0.05) is 27.7 Å². The maximum Gasteiger partial charge on any atom is 0.189 e. The Morgan fingerprint density at radius 3 is 2.67 bits per heavy atom. The van der Waals surface area contributed by atoms with Crippen LogP contribution in [0.1, 0.15) is 11.3 Å². The highest BCUT2D eigenvalue weighted by molar-refractivity contribution is 9.10. The molecule has 6 heteroatoms. The molecule has 110 valence electrons. The topological polar surface area (TPSA) is 49.8 Å². The minimum absolute atomic E-state index is 0.829. The Kier molecular flexibility index (Phi) is 4.77. The Bertz CT molecular complexity index is 630. The van der Waals surface area contributed by atoms with Crippen LogP contribution in [0.2, 0.25) is 0 Å². The summed E-state index contributed by atoms with van der Waals surface area (Å²) in [4.78, 5) is 9.34. The van der Waals surface area contributed by atoms with Crippen molar-refractivity contribution in [3.63, 3.8) is 0 Å². The minimum atomic E-state index is 0.829. The number of aromatic nitrogens is 2. The molecule has 0 amide bonds. The fourth-order valence-corrected chi connectivity index (χ4v) is 3.04. The first-order valence-electron chi connectivity index (χ1n) is 6.93. The van der Waals surface area contributed by atoms with E-state index >= 15 is 0 Å². The SMILES string of the molecule is CSc1nc2c(c(Nc3ccc(Br)cc3)n1)CCNCC2. The minimum Gasteiger partial charge on any atom is -0.340 e. The van der Waals surface area contributed by atoms with Crippen LogP contribution in [-0.4, -0.2) is 29.3 Å². The highest BCUT2D eigenvalue weighted by Gasteiger charge is 2.16. The number of benzene rings is 1. The summed E-state index contributed by atoms with van der Waals surface area (Å²) < 4.78 is 1.07. The quantitative estimate of drug-likeness (QED) is 0.645. The van der Waals surface area contributed by atoms with Crippen molar-refractivity contribution in [1.29, 1.82) is 0 Å². The molecule has 2 heterocycles. The van der Waals surface area contributed by atoms with Gasteiger partial charge in [0.25, 0.3) is 0 Å². The molecule has 0 aliphatic carbocycles. The number of thioether (sulfide) groups is 1.